The van der Waals surface area contributed by atoms with Gasteiger partial charge in [-0.05, 0) is 44.7 Å². The maximum atomic E-state index is 12.7. The first kappa shape index (κ1) is 18.4. The van der Waals surface area contributed by atoms with Crippen molar-refractivity contribution in [1.29, 1.82) is 0 Å². The summed E-state index contributed by atoms with van der Waals surface area (Å²) in [7, 11) is -3.47. The van der Waals surface area contributed by atoms with Crippen LogP contribution in [-0.2, 0) is 14.8 Å². The van der Waals surface area contributed by atoms with Gasteiger partial charge in [-0.15, -0.1) is 0 Å². The van der Waals surface area contributed by atoms with Crippen molar-refractivity contribution in [2.45, 2.75) is 43.5 Å². The smallest absolute Gasteiger partial charge is 0.243 e. The highest BCUT2D eigenvalue weighted by atomic mass is 32.2. The average Bonchev–Trinajstić information content (AvgIpc) is 3.10. The Morgan fingerprint density at radius 2 is 1.76 bits per heavy atom. The van der Waals surface area contributed by atoms with E-state index >= 15 is 0 Å². The van der Waals surface area contributed by atoms with E-state index in [4.69, 9.17) is 5.73 Å². The maximum Gasteiger partial charge on any atom is 0.243 e. The number of hydrogen-bond acceptors (Lipinski definition) is 4. The summed E-state index contributed by atoms with van der Waals surface area (Å²) < 4.78 is 27.0. The summed E-state index contributed by atoms with van der Waals surface area (Å²) >= 11 is 0. The number of aryl methyl sites for hydroxylation is 1. The van der Waals surface area contributed by atoms with Crippen LogP contribution >= 0.6 is 0 Å². The fraction of sp³-hybridized carbons (Fsp3) is 0.611. The standard InChI is InChI=1S/C18H27N3O3S/c1-14-4-6-17(7-5-14)25(23,24)20-11-8-15(9-12-20)18(22)21-10-2-3-16(21)13-19/h4-7,15-16H,2-3,8-13,19H2,1H3. The van der Waals surface area contributed by atoms with Crippen molar-refractivity contribution in [3.8, 4) is 0 Å². The Hall–Kier alpha value is -1.44. The van der Waals surface area contributed by atoms with Gasteiger partial charge >= 0.3 is 0 Å². The molecule has 3 rings (SSSR count). The summed E-state index contributed by atoms with van der Waals surface area (Å²) in [5, 5.41) is 0. The van der Waals surface area contributed by atoms with Crippen LogP contribution in [-0.4, -0.2) is 55.8 Å². The van der Waals surface area contributed by atoms with Gasteiger partial charge < -0.3 is 10.6 Å². The van der Waals surface area contributed by atoms with E-state index in [0.29, 0.717) is 37.4 Å². The maximum absolute atomic E-state index is 12.7. The minimum Gasteiger partial charge on any atom is -0.338 e. The number of nitrogens with two attached hydrogens (primary N) is 1. The molecule has 1 amide bonds. The number of benzene rings is 1. The molecule has 1 aromatic rings. The van der Waals surface area contributed by atoms with E-state index in [9.17, 15) is 13.2 Å². The SMILES string of the molecule is Cc1ccc(S(=O)(=O)N2CCC(C(=O)N3CCCC3CN)CC2)cc1. The van der Waals surface area contributed by atoms with Gasteiger partial charge in [-0.25, -0.2) is 8.42 Å². The highest BCUT2D eigenvalue weighted by Gasteiger charge is 2.36. The summed E-state index contributed by atoms with van der Waals surface area (Å²) in [6, 6.07) is 7.07. The van der Waals surface area contributed by atoms with E-state index in [1.54, 1.807) is 12.1 Å². The number of amides is 1. The minimum absolute atomic E-state index is 0.0865. The molecule has 2 aliphatic rings. The predicted molar refractivity (Wildman–Crippen MR) is 96.5 cm³/mol. The molecule has 25 heavy (non-hydrogen) atoms. The van der Waals surface area contributed by atoms with E-state index in [2.05, 4.69) is 0 Å². The molecular weight excluding hydrogens is 338 g/mol. The number of carbonyl (C=O) groups excluding carboxylic acids is 1. The fourth-order valence-electron chi connectivity index (χ4n) is 3.81. The predicted octanol–water partition coefficient (Wildman–Crippen LogP) is 1.35. The topological polar surface area (TPSA) is 83.7 Å². The molecule has 0 spiro atoms. The van der Waals surface area contributed by atoms with Crippen LogP contribution in [0.25, 0.3) is 0 Å². The highest BCUT2D eigenvalue weighted by Crippen LogP contribution is 2.27. The Bertz CT molecular complexity index is 710. The number of rotatable bonds is 4. The quantitative estimate of drug-likeness (QED) is 0.873. The molecule has 1 atom stereocenters. The van der Waals surface area contributed by atoms with Crippen molar-refractivity contribution >= 4 is 15.9 Å². The zero-order valence-corrected chi connectivity index (χ0v) is 15.5. The van der Waals surface area contributed by atoms with Gasteiger partial charge in [0.25, 0.3) is 0 Å². The Labute approximate surface area is 150 Å². The number of sulfonamides is 1. The highest BCUT2D eigenvalue weighted by molar-refractivity contribution is 7.89. The monoisotopic (exact) mass is 365 g/mol. The van der Waals surface area contributed by atoms with Gasteiger partial charge in [0.05, 0.1) is 4.90 Å². The lowest BCUT2D eigenvalue weighted by atomic mass is 9.96. The third-order valence-electron chi connectivity index (χ3n) is 5.39. The van der Waals surface area contributed by atoms with E-state index in [1.165, 1.54) is 4.31 Å². The summed E-state index contributed by atoms with van der Waals surface area (Å²) in [4.78, 5) is 15.0. The van der Waals surface area contributed by atoms with E-state index < -0.39 is 10.0 Å². The van der Waals surface area contributed by atoms with Crippen LogP contribution in [0.5, 0.6) is 0 Å². The molecule has 0 saturated carbocycles. The van der Waals surface area contributed by atoms with Crippen molar-refractivity contribution in [2.24, 2.45) is 11.7 Å². The molecule has 2 aliphatic heterocycles. The van der Waals surface area contributed by atoms with E-state index in [1.807, 2.05) is 24.0 Å². The van der Waals surface area contributed by atoms with Crippen LogP contribution in [0.1, 0.15) is 31.2 Å². The number of piperidine rings is 1. The van der Waals surface area contributed by atoms with E-state index in [0.717, 1.165) is 24.9 Å². The lowest BCUT2D eigenvalue weighted by Crippen LogP contribution is -2.47. The van der Waals surface area contributed by atoms with Gasteiger partial charge in [-0.1, -0.05) is 17.7 Å². The second-order valence-corrected chi connectivity index (χ2v) is 8.99. The third kappa shape index (κ3) is 3.73. The molecule has 2 fully saturated rings. The molecule has 1 unspecified atom stereocenters. The Morgan fingerprint density at radius 3 is 2.36 bits per heavy atom. The van der Waals surface area contributed by atoms with Crippen LogP contribution in [0.3, 0.4) is 0 Å². The van der Waals surface area contributed by atoms with Crippen molar-refractivity contribution in [1.82, 2.24) is 9.21 Å². The van der Waals surface area contributed by atoms with Crippen molar-refractivity contribution in [3.63, 3.8) is 0 Å². The largest absolute Gasteiger partial charge is 0.338 e. The van der Waals surface area contributed by atoms with Gasteiger partial charge in [0.2, 0.25) is 15.9 Å². The Kier molecular flexibility index (Phi) is 5.46. The zero-order chi connectivity index (χ0) is 18.0. The van der Waals surface area contributed by atoms with Gasteiger partial charge in [0.15, 0.2) is 0 Å². The first-order chi connectivity index (χ1) is 11.9. The molecule has 0 aliphatic carbocycles. The second-order valence-electron chi connectivity index (χ2n) is 7.05. The van der Waals surface area contributed by atoms with Gasteiger partial charge in [-0.3, -0.25) is 4.79 Å². The molecule has 2 N–H and O–H groups in total. The summed E-state index contributed by atoms with van der Waals surface area (Å²) in [5.41, 5.74) is 6.80. The van der Waals surface area contributed by atoms with Crippen molar-refractivity contribution < 1.29 is 13.2 Å². The molecule has 0 bridgehead atoms. The first-order valence-corrected chi connectivity index (χ1v) is 10.4. The van der Waals surface area contributed by atoms with Crippen LogP contribution in [0.4, 0.5) is 0 Å². The average molecular weight is 365 g/mol. The minimum atomic E-state index is -3.47. The number of likely N-dealkylation sites (tertiary alicyclic amines) is 1. The molecule has 0 radical (unpaired) electrons. The van der Waals surface area contributed by atoms with Crippen LogP contribution in [0.2, 0.25) is 0 Å². The fourth-order valence-corrected chi connectivity index (χ4v) is 5.28. The zero-order valence-electron chi connectivity index (χ0n) is 14.7. The van der Waals surface area contributed by atoms with Gasteiger partial charge in [-0.2, -0.15) is 4.31 Å². The number of hydrogen-bond donors (Lipinski definition) is 1. The molecule has 7 heteroatoms. The van der Waals surface area contributed by atoms with Gasteiger partial charge in [0, 0.05) is 38.1 Å². The van der Waals surface area contributed by atoms with Crippen LogP contribution in [0, 0.1) is 12.8 Å². The van der Waals surface area contributed by atoms with Crippen molar-refractivity contribution in [2.75, 3.05) is 26.2 Å². The Morgan fingerprint density at radius 1 is 1.12 bits per heavy atom. The molecule has 6 nitrogen and oxygen atoms in total. The Balaban J connectivity index is 1.63. The lowest BCUT2D eigenvalue weighted by molar-refractivity contribution is -0.137. The second kappa shape index (κ2) is 7.43. The molecule has 0 aromatic heterocycles. The summed E-state index contributed by atoms with van der Waals surface area (Å²) in [6.07, 6.45) is 3.15. The van der Waals surface area contributed by atoms with E-state index in [-0.39, 0.29) is 17.9 Å². The molecular formula is C18H27N3O3S. The molecule has 1 aromatic carbocycles. The van der Waals surface area contributed by atoms with Crippen molar-refractivity contribution in [3.05, 3.63) is 29.8 Å². The van der Waals surface area contributed by atoms with Crippen LogP contribution in [0.15, 0.2) is 29.2 Å². The third-order valence-corrected chi connectivity index (χ3v) is 7.31. The number of nitrogens with zero attached hydrogens (tertiary/aromatic N) is 2. The number of carbonyl (C=O) groups is 1. The lowest BCUT2D eigenvalue weighted by Gasteiger charge is -2.34. The van der Waals surface area contributed by atoms with Gasteiger partial charge in [0.1, 0.15) is 0 Å². The molecule has 2 heterocycles. The first-order valence-electron chi connectivity index (χ1n) is 9.01. The summed E-state index contributed by atoms with van der Waals surface area (Å²) in [5.74, 6) is 0.0666. The molecule has 2 saturated heterocycles. The van der Waals surface area contributed by atoms with Crippen LogP contribution < -0.4 is 5.73 Å². The molecule has 138 valence electrons. The normalized spacial score (nSPS) is 23.1. The summed E-state index contributed by atoms with van der Waals surface area (Å²) in [6.45, 7) is 4.01.